The molecule has 1 aromatic carbocycles. The normalized spacial score (nSPS) is 11.9. The molecule has 2 N–H and O–H groups in total. The van der Waals surface area contributed by atoms with Crippen molar-refractivity contribution in [2.75, 3.05) is 13.7 Å². The van der Waals surface area contributed by atoms with E-state index in [4.69, 9.17) is 9.84 Å². The zero-order chi connectivity index (χ0) is 15.7. The van der Waals surface area contributed by atoms with Crippen LogP contribution in [-0.2, 0) is 16.0 Å². The number of benzene rings is 1. The van der Waals surface area contributed by atoms with Gasteiger partial charge >= 0.3 is 5.97 Å². The van der Waals surface area contributed by atoms with E-state index >= 15 is 0 Å². The predicted molar refractivity (Wildman–Crippen MR) is 80.4 cm³/mol. The summed E-state index contributed by atoms with van der Waals surface area (Å²) >= 11 is 0. The lowest BCUT2D eigenvalue weighted by molar-refractivity contribution is -0.121. The van der Waals surface area contributed by atoms with Crippen LogP contribution in [0.3, 0.4) is 0 Å². The molecule has 1 rings (SSSR count). The van der Waals surface area contributed by atoms with Gasteiger partial charge in [0.2, 0.25) is 5.91 Å². The Balaban J connectivity index is 2.65. The highest BCUT2D eigenvalue weighted by atomic mass is 16.5. The number of amides is 1. The molecule has 1 aromatic rings. The highest BCUT2D eigenvalue weighted by Crippen LogP contribution is 2.10. The van der Waals surface area contributed by atoms with Gasteiger partial charge in [0, 0.05) is 7.11 Å². The maximum absolute atomic E-state index is 12.1. The van der Waals surface area contributed by atoms with Gasteiger partial charge in [-0.05, 0) is 18.1 Å². The third-order valence-electron chi connectivity index (χ3n) is 3.24. The number of carboxylic acids is 1. The summed E-state index contributed by atoms with van der Waals surface area (Å²) in [5, 5.41) is 12.0. The number of hydrogen-bond donors (Lipinski definition) is 2. The Bertz CT molecular complexity index is 473. The van der Waals surface area contributed by atoms with E-state index in [0.717, 1.165) is 19.3 Å². The Morgan fingerprint density at radius 3 is 2.67 bits per heavy atom. The summed E-state index contributed by atoms with van der Waals surface area (Å²) in [6, 6.07) is 6.53. The monoisotopic (exact) mass is 293 g/mol. The van der Waals surface area contributed by atoms with E-state index in [1.54, 1.807) is 25.3 Å². The standard InChI is InChI=1S/C16H23NO4/c1-3-4-8-13(11-21-2)17-15(18)10-12-7-5-6-9-14(12)16(19)20/h5-7,9,13H,3-4,8,10-11H2,1-2H3,(H,17,18)(H,19,20). The van der Waals surface area contributed by atoms with Gasteiger partial charge in [-0.1, -0.05) is 38.0 Å². The van der Waals surface area contributed by atoms with Crippen LogP contribution >= 0.6 is 0 Å². The number of ether oxygens (including phenoxy) is 1. The quantitative estimate of drug-likeness (QED) is 0.732. The molecule has 1 atom stereocenters. The van der Waals surface area contributed by atoms with Crippen LogP contribution in [0.4, 0.5) is 0 Å². The molecule has 1 amide bonds. The number of methoxy groups -OCH3 is 1. The molecule has 0 aromatic heterocycles. The molecule has 0 aliphatic heterocycles. The number of carbonyl (C=O) groups is 2. The fourth-order valence-corrected chi connectivity index (χ4v) is 2.18. The Hall–Kier alpha value is -1.88. The van der Waals surface area contributed by atoms with Gasteiger partial charge in [-0.15, -0.1) is 0 Å². The van der Waals surface area contributed by atoms with Crippen LogP contribution in [0.1, 0.15) is 42.1 Å². The molecule has 0 heterocycles. The van der Waals surface area contributed by atoms with Crippen molar-refractivity contribution in [2.45, 2.75) is 38.6 Å². The van der Waals surface area contributed by atoms with Crippen LogP contribution in [0.5, 0.6) is 0 Å². The van der Waals surface area contributed by atoms with Gasteiger partial charge in [-0.3, -0.25) is 4.79 Å². The largest absolute Gasteiger partial charge is 0.478 e. The topological polar surface area (TPSA) is 75.6 Å². The number of carbonyl (C=O) groups excluding carboxylic acids is 1. The van der Waals surface area contributed by atoms with E-state index < -0.39 is 5.97 Å². The second-order valence-electron chi connectivity index (χ2n) is 5.00. The molecule has 0 aliphatic carbocycles. The number of carboxylic acid groups (broad SMARTS) is 1. The minimum absolute atomic E-state index is 0.0283. The first-order valence-corrected chi connectivity index (χ1v) is 7.18. The Labute approximate surface area is 125 Å². The molecule has 0 saturated carbocycles. The highest BCUT2D eigenvalue weighted by molar-refractivity contribution is 5.91. The molecule has 5 nitrogen and oxygen atoms in total. The molecule has 1 unspecified atom stereocenters. The summed E-state index contributed by atoms with van der Waals surface area (Å²) in [6.45, 7) is 2.56. The lowest BCUT2D eigenvalue weighted by atomic mass is 10.0. The first-order valence-electron chi connectivity index (χ1n) is 7.18. The van der Waals surface area contributed by atoms with Crippen LogP contribution < -0.4 is 5.32 Å². The van der Waals surface area contributed by atoms with Gasteiger partial charge in [-0.25, -0.2) is 4.79 Å². The van der Waals surface area contributed by atoms with E-state index in [0.29, 0.717) is 12.2 Å². The lowest BCUT2D eigenvalue weighted by Crippen LogP contribution is -2.39. The molecule has 0 saturated heterocycles. The second kappa shape index (κ2) is 9.13. The molecule has 0 spiro atoms. The number of rotatable bonds is 9. The van der Waals surface area contributed by atoms with Gasteiger partial charge in [0.25, 0.3) is 0 Å². The van der Waals surface area contributed by atoms with Crippen molar-refractivity contribution in [2.24, 2.45) is 0 Å². The Morgan fingerprint density at radius 2 is 2.05 bits per heavy atom. The second-order valence-corrected chi connectivity index (χ2v) is 5.00. The molecule has 116 valence electrons. The van der Waals surface area contributed by atoms with E-state index in [1.807, 2.05) is 0 Å². The van der Waals surface area contributed by atoms with E-state index in [2.05, 4.69) is 12.2 Å². The van der Waals surface area contributed by atoms with Crippen LogP contribution in [0.25, 0.3) is 0 Å². The molecule has 5 heteroatoms. The zero-order valence-electron chi connectivity index (χ0n) is 12.6. The summed E-state index contributed by atoms with van der Waals surface area (Å²) in [4.78, 5) is 23.2. The smallest absolute Gasteiger partial charge is 0.335 e. The molecule has 0 fully saturated rings. The Kier molecular flexibility index (Phi) is 7.46. The number of aromatic carboxylic acids is 1. The van der Waals surface area contributed by atoms with Crippen LogP contribution in [0.2, 0.25) is 0 Å². The molecular weight excluding hydrogens is 270 g/mol. The molecule has 0 radical (unpaired) electrons. The van der Waals surface area contributed by atoms with Crippen molar-refractivity contribution in [1.82, 2.24) is 5.32 Å². The minimum Gasteiger partial charge on any atom is -0.478 e. The average Bonchev–Trinajstić information content (AvgIpc) is 2.45. The first-order chi connectivity index (χ1) is 10.1. The summed E-state index contributed by atoms with van der Waals surface area (Å²) in [5.74, 6) is -1.19. The van der Waals surface area contributed by atoms with Crippen molar-refractivity contribution < 1.29 is 19.4 Å². The van der Waals surface area contributed by atoms with Crippen molar-refractivity contribution in [3.8, 4) is 0 Å². The van der Waals surface area contributed by atoms with Gasteiger partial charge in [0.1, 0.15) is 0 Å². The van der Waals surface area contributed by atoms with Gasteiger partial charge in [-0.2, -0.15) is 0 Å². The van der Waals surface area contributed by atoms with Crippen LogP contribution in [-0.4, -0.2) is 36.7 Å². The molecule has 0 bridgehead atoms. The minimum atomic E-state index is -1.02. The number of unbranched alkanes of at least 4 members (excludes halogenated alkanes) is 1. The van der Waals surface area contributed by atoms with E-state index in [9.17, 15) is 9.59 Å². The lowest BCUT2D eigenvalue weighted by Gasteiger charge is -2.18. The maximum atomic E-state index is 12.1. The van der Waals surface area contributed by atoms with Gasteiger partial charge < -0.3 is 15.2 Å². The fraction of sp³-hybridized carbons (Fsp3) is 0.500. The van der Waals surface area contributed by atoms with Gasteiger partial charge in [0.15, 0.2) is 0 Å². The average molecular weight is 293 g/mol. The zero-order valence-corrected chi connectivity index (χ0v) is 12.6. The van der Waals surface area contributed by atoms with Crippen LogP contribution in [0, 0.1) is 0 Å². The summed E-state index contributed by atoms with van der Waals surface area (Å²) < 4.78 is 5.11. The van der Waals surface area contributed by atoms with Crippen molar-refractivity contribution >= 4 is 11.9 Å². The third-order valence-corrected chi connectivity index (χ3v) is 3.24. The molecular formula is C16H23NO4. The summed E-state index contributed by atoms with van der Waals surface area (Å²) in [6.07, 6.45) is 2.99. The first kappa shape index (κ1) is 17.2. The molecule has 21 heavy (non-hydrogen) atoms. The fourth-order valence-electron chi connectivity index (χ4n) is 2.18. The van der Waals surface area contributed by atoms with Gasteiger partial charge in [0.05, 0.1) is 24.6 Å². The number of hydrogen-bond acceptors (Lipinski definition) is 3. The predicted octanol–water partition coefficient (Wildman–Crippen LogP) is 2.25. The van der Waals surface area contributed by atoms with Crippen molar-refractivity contribution in [3.63, 3.8) is 0 Å². The van der Waals surface area contributed by atoms with Crippen LogP contribution in [0.15, 0.2) is 24.3 Å². The van der Waals surface area contributed by atoms with Crippen molar-refractivity contribution in [3.05, 3.63) is 35.4 Å². The molecule has 0 aliphatic rings. The number of nitrogens with one attached hydrogen (secondary N) is 1. The summed E-state index contributed by atoms with van der Waals surface area (Å²) in [5.41, 5.74) is 0.693. The highest BCUT2D eigenvalue weighted by Gasteiger charge is 2.15. The SMILES string of the molecule is CCCCC(COC)NC(=O)Cc1ccccc1C(=O)O. The van der Waals surface area contributed by atoms with E-state index in [-0.39, 0.29) is 23.9 Å². The summed E-state index contributed by atoms with van der Waals surface area (Å²) in [7, 11) is 1.60. The Morgan fingerprint density at radius 1 is 1.33 bits per heavy atom. The van der Waals surface area contributed by atoms with E-state index in [1.165, 1.54) is 6.07 Å². The van der Waals surface area contributed by atoms with Crippen molar-refractivity contribution in [1.29, 1.82) is 0 Å². The third kappa shape index (κ3) is 5.95. The maximum Gasteiger partial charge on any atom is 0.335 e.